The lowest BCUT2D eigenvalue weighted by Crippen LogP contribution is -2.44. The fourth-order valence-corrected chi connectivity index (χ4v) is 3.73. The molecule has 3 rings (SSSR count). The highest BCUT2D eigenvalue weighted by Crippen LogP contribution is 2.68. The first-order valence-electron chi connectivity index (χ1n) is 6.34. The lowest BCUT2D eigenvalue weighted by Gasteiger charge is -2.41. The van der Waals surface area contributed by atoms with Crippen LogP contribution in [0.4, 0.5) is 0 Å². The number of benzene rings is 1. The van der Waals surface area contributed by atoms with Gasteiger partial charge in [-0.15, -0.1) is 0 Å². The zero-order valence-electron chi connectivity index (χ0n) is 9.89. The van der Waals surface area contributed by atoms with E-state index < -0.39 is 5.60 Å². The molecule has 0 aromatic heterocycles. The van der Waals surface area contributed by atoms with Crippen molar-refractivity contribution >= 4 is 0 Å². The Bertz CT molecular complexity index is 448. The van der Waals surface area contributed by atoms with Crippen molar-refractivity contribution in [3.63, 3.8) is 0 Å². The number of nitrogens with two attached hydrogens (primary N) is 1. The van der Waals surface area contributed by atoms with Crippen molar-refractivity contribution in [3.8, 4) is 5.75 Å². The van der Waals surface area contributed by atoms with E-state index in [4.69, 9.17) is 5.73 Å². The summed E-state index contributed by atoms with van der Waals surface area (Å²) in [5.41, 5.74) is 5.75. The summed E-state index contributed by atoms with van der Waals surface area (Å²) in [6.45, 7) is 0.532. The van der Waals surface area contributed by atoms with Crippen LogP contribution in [0.2, 0.25) is 0 Å². The second kappa shape index (κ2) is 3.47. The Balaban J connectivity index is 2.05. The lowest BCUT2D eigenvalue weighted by atomic mass is 9.70. The highest BCUT2D eigenvalue weighted by atomic mass is 16.3. The molecule has 0 amide bonds. The molecule has 0 aliphatic heterocycles. The number of phenolic OH excluding ortho intramolecular Hbond substituents is 1. The molecule has 0 radical (unpaired) electrons. The van der Waals surface area contributed by atoms with E-state index in [9.17, 15) is 10.2 Å². The van der Waals surface area contributed by atoms with Gasteiger partial charge in [-0.3, -0.25) is 0 Å². The molecule has 1 aromatic rings. The van der Waals surface area contributed by atoms with Gasteiger partial charge in [0.15, 0.2) is 0 Å². The number of phenols is 1. The summed E-state index contributed by atoms with van der Waals surface area (Å²) in [5, 5.41) is 20.6. The topological polar surface area (TPSA) is 66.5 Å². The van der Waals surface area contributed by atoms with Gasteiger partial charge in [0.05, 0.1) is 5.60 Å². The van der Waals surface area contributed by atoms with Crippen LogP contribution < -0.4 is 5.73 Å². The number of hydrogen-bond donors (Lipinski definition) is 3. The first-order chi connectivity index (χ1) is 8.12. The number of aromatic hydroxyl groups is 1. The number of aliphatic hydroxyl groups is 1. The van der Waals surface area contributed by atoms with Gasteiger partial charge in [0.1, 0.15) is 5.75 Å². The van der Waals surface area contributed by atoms with Crippen molar-refractivity contribution in [2.75, 3.05) is 6.54 Å². The summed E-state index contributed by atoms with van der Waals surface area (Å²) in [5.74, 6) is 0.777. The molecule has 0 heterocycles. The molecule has 0 saturated heterocycles. The smallest absolute Gasteiger partial charge is 0.115 e. The van der Waals surface area contributed by atoms with Gasteiger partial charge < -0.3 is 15.9 Å². The summed E-state index contributed by atoms with van der Waals surface area (Å²) in [6, 6.07) is 7.00. The number of rotatable bonds is 2. The molecule has 1 aromatic carbocycles. The standard InChI is InChI=1S/C14H19NO2/c15-9-13-8-11(13)4-2-6-14(13,17)10-3-1-5-12(16)7-10/h1,3,5,7,11,16-17H,2,4,6,8-9,15H2. The summed E-state index contributed by atoms with van der Waals surface area (Å²) in [6.07, 6.45) is 4.00. The zero-order valence-corrected chi connectivity index (χ0v) is 9.89. The molecule has 17 heavy (non-hydrogen) atoms. The monoisotopic (exact) mass is 233 g/mol. The van der Waals surface area contributed by atoms with Crippen LogP contribution in [0.25, 0.3) is 0 Å². The van der Waals surface area contributed by atoms with Crippen LogP contribution in [0.3, 0.4) is 0 Å². The Hall–Kier alpha value is -1.06. The lowest BCUT2D eigenvalue weighted by molar-refractivity contribution is -0.0661. The van der Waals surface area contributed by atoms with Crippen molar-refractivity contribution < 1.29 is 10.2 Å². The maximum atomic E-state index is 11.0. The van der Waals surface area contributed by atoms with Crippen molar-refractivity contribution in [2.45, 2.75) is 31.3 Å². The molecule has 2 fully saturated rings. The SMILES string of the molecule is NCC12CC1CCCC2(O)c1cccc(O)c1. The van der Waals surface area contributed by atoms with Gasteiger partial charge in [0.2, 0.25) is 0 Å². The van der Waals surface area contributed by atoms with E-state index in [0.29, 0.717) is 12.5 Å². The van der Waals surface area contributed by atoms with Crippen molar-refractivity contribution in [2.24, 2.45) is 17.1 Å². The average molecular weight is 233 g/mol. The Morgan fingerprint density at radius 1 is 1.41 bits per heavy atom. The van der Waals surface area contributed by atoms with Crippen LogP contribution in [0, 0.1) is 11.3 Å². The van der Waals surface area contributed by atoms with Gasteiger partial charge in [0, 0.05) is 12.0 Å². The minimum absolute atomic E-state index is 0.140. The third-order valence-electron chi connectivity index (χ3n) is 4.83. The van der Waals surface area contributed by atoms with Crippen LogP contribution in [0.5, 0.6) is 5.75 Å². The molecular formula is C14H19NO2. The molecule has 3 nitrogen and oxygen atoms in total. The molecule has 92 valence electrons. The minimum Gasteiger partial charge on any atom is -0.508 e. The maximum Gasteiger partial charge on any atom is 0.115 e. The van der Waals surface area contributed by atoms with E-state index in [1.807, 2.05) is 6.07 Å². The van der Waals surface area contributed by atoms with Gasteiger partial charge in [-0.05, 0) is 49.3 Å². The number of fused-ring (bicyclic) bond motifs is 1. The third kappa shape index (κ3) is 1.36. The maximum absolute atomic E-state index is 11.0. The van der Waals surface area contributed by atoms with Crippen LogP contribution in [-0.2, 0) is 5.60 Å². The Morgan fingerprint density at radius 2 is 2.24 bits per heavy atom. The molecule has 3 unspecified atom stereocenters. The molecule has 3 heteroatoms. The highest BCUT2D eigenvalue weighted by molar-refractivity contribution is 5.36. The van der Waals surface area contributed by atoms with E-state index in [-0.39, 0.29) is 11.2 Å². The van der Waals surface area contributed by atoms with Crippen LogP contribution in [-0.4, -0.2) is 16.8 Å². The molecule has 2 aliphatic rings. The van der Waals surface area contributed by atoms with Crippen LogP contribution in [0.15, 0.2) is 24.3 Å². The van der Waals surface area contributed by atoms with E-state index >= 15 is 0 Å². The van der Waals surface area contributed by atoms with Crippen LogP contribution in [0.1, 0.15) is 31.2 Å². The van der Waals surface area contributed by atoms with E-state index in [2.05, 4.69) is 0 Å². The second-order valence-corrected chi connectivity index (χ2v) is 5.56. The Labute approximate surface area is 101 Å². The molecule has 0 spiro atoms. The second-order valence-electron chi connectivity index (χ2n) is 5.56. The van der Waals surface area contributed by atoms with E-state index in [0.717, 1.165) is 24.8 Å². The van der Waals surface area contributed by atoms with E-state index in [1.165, 1.54) is 6.42 Å². The molecule has 2 aliphatic carbocycles. The summed E-state index contributed by atoms with van der Waals surface area (Å²) >= 11 is 0. The molecule has 4 N–H and O–H groups in total. The van der Waals surface area contributed by atoms with Gasteiger partial charge in [-0.1, -0.05) is 12.1 Å². The number of hydrogen-bond acceptors (Lipinski definition) is 3. The fourth-order valence-electron chi connectivity index (χ4n) is 3.73. The largest absolute Gasteiger partial charge is 0.508 e. The molecular weight excluding hydrogens is 214 g/mol. The fraction of sp³-hybridized carbons (Fsp3) is 0.571. The van der Waals surface area contributed by atoms with Gasteiger partial charge in [0.25, 0.3) is 0 Å². The first-order valence-corrected chi connectivity index (χ1v) is 6.34. The quantitative estimate of drug-likeness (QED) is 0.728. The van der Waals surface area contributed by atoms with Crippen molar-refractivity contribution in [3.05, 3.63) is 29.8 Å². The van der Waals surface area contributed by atoms with Gasteiger partial charge in [-0.25, -0.2) is 0 Å². The third-order valence-corrected chi connectivity index (χ3v) is 4.83. The normalized spacial score (nSPS) is 39.8. The van der Waals surface area contributed by atoms with Gasteiger partial charge in [-0.2, -0.15) is 0 Å². The Morgan fingerprint density at radius 3 is 2.94 bits per heavy atom. The molecule has 0 bridgehead atoms. The Kier molecular flexibility index (Phi) is 2.25. The minimum atomic E-state index is -0.844. The summed E-state index contributed by atoms with van der Waals surface area (Å²) in [4.78, 5) is 0. The predicted molar refractivity (Wildman–Crippen MR) is 65.4 cm³/mol. The predicted octanol–water partition coefficient (Wildman–Crippen LogP) is 1.73. The zero-order chi connectivity index (χ0) is 12.1. The average Bonchev–Trinajstić information content (AvgIpc) is 3.06. The first kappa shape index (κ1) is 11.1. The van der Waals surface area contributed by atoms with Gasteiger partial charge >= 0.3 is 0 Å². The molecule has 2 saturated carbocycles. The summed E-state index contributed by atoms with van der Waals surface area (Å²) in [7, 11) is 0. The van der Waals surface area contributed by atoms with Crippen molar-refractivity contribution in [1.29, 1.82) is 0 Å². The summed E-state index contributed by atoms with van der Waals surface area (Å²) < 4.78 is 0. The highest BCUT2D eigenvalue weighted by Gasteiger charge is 2.67. The molecule has 3 atom stereocenters. The van der Waals surface area contributed by atoms with Crippen molar-refractivity contribution in [1.82, 2.24) is 0 Å². The van der Waals surface area contributed by atoms with E-state index in [1.54, 1.807) is 18.2 Å². The van der Waals surface area contributed by atoms with Crippen LogP contribution >= 0.6 is 0 Å².